The average molecular weight is 318 g/mol. The predicted molar refractivity (Wildman–Crippen MR) is 98.8 cm³/mol. The number of amides is 1. The van der Waals surface area contributed by atoms with Crippen LogP contribution in [0.1, 0.15) is 24.3 Å². The SMILES string of the molecule is CC(C)CNC(=O)c1[nH]c(-c2ccccc2)cc1-c1ccccc1. The van der Waals surface area contributed by atoms with Gasteiger partial charge in [-0.2, -0.15) is 0 Å². The Morgan fingerprint density at radius 2 is 1.54 bits per heavy atom. The van der Waals surface area contributed by atoms with E-state index in [0.717, 1.165) is 22.4 Å². The lowest BCUT2D eigenvalue weighted by molar-refractivity contribution is 0.0945. The molecule has 0 atom stereocenters. The molecule has 3 aromatic rings. The second kappa shape index (κ2) is 7.18. The first-order chi connectivity index (χ1) is 11.6. The second-order valence-electron chi connectivity index (χ2n) is 6.31. The van der Waals surface area contributed by atoms with Crippen molar-refractivity contribution in [1.82, 2.24) is 10.3 Å². The Bertz CT molecular complexity index is 804. The molecule has 0 aliphatic heterocycles. The highest BCUT2D eigenvalue weighted by molar-refractivity contribution is 6.00. The minimum atomic E-state index is -0.0651. The summed E-state index contributed by atoms with van der Waals surface area (Å²) in [7, 11) is 0. The van der Waals surface area contributed by atoms with Crippen LogP contribution in [0.5, 0.6) is 0 Å². The van der Waals surface area contributed by atoms with E-state index in [0.29, 0.717) is 18.2 Å². The van der Waals surface area contributed by atoms with Gasteiger partial charge >= 0.3 is 0 Å². The fourth-order valence-electron chi connectivity index (χ4n) is 2.64. The van der Waals surface area contributed by atoms with Crippen molar-refractivity contribution in [3.8, 4) is 22.4 Å². The van der Waals surface area contributed by atoms with Crippen LogP contribution in [0.3, 0.4) is 0 Å². The highest BCUT2D eigenvalue weighted by Crippen LogP contribution is 2.29. The molecular weight excluding hydrogens is 296 g/mol. The third kappa shape index (κ3) is 3.57. The molecule has 122 valence electrons. The zero-order valence-electron chi connectivity index (χ0n) is 14.0. The number of nitrogens with one attached hydrogen (secondary N) is 2. The van der Waals surface area contributed by atoms with Crippen molar-refractivity contribution in [3.05, 3.63) is 72.4 Å². The normalized spacial score (nSPS) is 10.8. The monoisotopic (exact) mass is 318 g/mol. The molecule has 0 unspecified atom stereocenters. The lowest BCUT2D eigenvalue weighted by Crippen LogP contribution is -2.28. The smallest absolute Gasteiger partial charge is 0.268 e. The number of hydrogen-bond donors (Lipinski definition) is 2. The number of aromatic amines is 1. The molecule has 24 heavy (non-hydrogen) atoms. The lowest BCUT2D eigenvalue weighted by atomic mass is 10.0. The van der Waals surface area contributed by atoms with Crippen molar-refractivity contribution >= 4 is 5.91 Å². The summed E-state index contributed by atoms with van der Waals surface area (Å²) < 4.78 is 0. The quantitative estimate of drug-likeness (QED) is 0.701. The Balaban J connectivity index is 2.02. The van der Waals surface area contributed by atoms with Crippen LogP contribution < -0.4 is 5.32 Å². The van der Waals surface area contributed by atoms with Gasteiger partial charge < -0.3 is 10.3 Å². The van der Waals surface area contributed by atoms with Crippen LogP contribution in [0.2, 0.25) is 0 Å². The number of benzene rings is 2. The van der Waals surface area contributed by atoms with Crippen LogP contribution in [0.15, 0.2) is 66.7 Å². The van der Waals surface area contributed by atoms with Crippen LogP contribution in [-0.4, -0.2) is 17.4 Å². The van der Waals surface area contributed by atoms with Gasteiger partial charge in [0, 0.05) is 17.8 Å². The maximum absolute atomic E-state index is 12.6. The van der Waals surface area contributed by atoms with Crippen LogP contribution in [0.25, 0.3) is 22.4 Å². The van der Waals surface area contributed by atoms with Gasteiger partial charge in [-0.05, 0) is 23.1 Å². The summed E-state index contributed by atoms with van der Waals surface area (Å²) in [6, 6.07) is 22.1. The molecule has 3 heteroatoms. The standard InChI is InChI=1S/C21H22N2O/c1-15(2)14-22-21(24)20-18(16-9-5-3-6-10-16)13-19(23-20)17-11-7-4-8-12-17/h3-13,15,23H,14H2,1-2H3,(H,22,24). The predicted octanol–water partition coefficient (Wildman–Crippen LogP) is 4.73. The Hall–Kier alpha value is -2.81. The first-order valence-electron chi connectivity index (χ1n) is 8.27. The minimum Gasteiger partial charge on any atom is -0.350 e. The summed E-state index contributed by atoms with van der Waals surface area (Å²) in [6.07, 6.45) is 0. The van der Waals surface area contributed by atoms with Crippen molar-refractivity contribution in [2.24, 2.45) is 5.92 Å². The Morgan fingerprint density at radius 3 is 2.12 bits per heavy atom. The summed E-state index contributed by atoms with van der Waals surface area (Å²) in [5, 5.41) is 3.00. The highest BCUT2D eigenvalue weighted by atomic mass is 16.1. The van der Waals surface area contributed by atoms with Crippen LogP contribution in [0.4, 0.5) is 0 Å². The fraction of sp³-hybridized carbons (Fsp3) is 0.190. The molecule has 0 bridgehead atoms. The van der Waals surface area contributed by atoms with Crippen molar-refractivity contribution in [1.29, 1.82) is 0 Å². The molecule has 2 N–H and O–H groups in total. The number of hydrogen-bond acceptors (Lipinski definition) is 1. The van der Waals surface area contributed by atoms with Gasteiger partial charge in [-0.25, -0.2) is 0 Å². The largest absolute Gasteiger partial charge is 0.350 e. The van der Waals surface area contributed by atoms with E-state index in [1.807, 2.05) is 60.7 Å². The zero-order chi connectivity index (χ0) is 16.9. The van der Waals surface area contributed by atoms with Gasteiger partial charge in [0.15, 0.2) is 0 Å². The van der Waals surface area contributed by atoms with Gasteiger partial charge in [0.2, 0.25) is 0 Å². The Morgan fingerprint density at radius 1 is 0.958 bits per heavy atom. The molecule has 0 radical (unpaired) electrons. The van der Waals surface area contributed by atoms with E-state index >= 15 is 0 Å². The Kier molecular flexibility index (Phi) is 4.80. The van der Waals surface area contributed by atoms with E-state index in [2.05, 4.69) is 30.2 Å². The maximum Gasteiger partial charge on any atom is 0.268 e. The summed E-state index contributed by atoms with van der Waals surface area (Å²) in [5.41, 5.74) is 4.59. The molecule has 3 rings (SSSR count). The van der Waals surface area contributed by atoms with E-state index < -0.39 is 0 Å². The number of carbonyl (C=O) groups excluding carboxylic acids is 1. The molecular formula is C21H22N2O. The molecule has 0 aliphatic carbocycles. The lowest BCUT2D eigenvalue weighted by Gasteiger charge is -2.08. The topological polar surface area (TPSA) is 44.9 Å². The number of H-pyrrole nitrogens is 1. The van der Waals surface area contributed by atoms with Gasteiger partial charge in [-0.1, -0.05) is 74.5 Å². The van der Waals surface area contributed by atoms with Crippen molar-refractivity contribution in [2.75, 3.05) is 6.54 Å². The molecule has 2 aromatic carbocycles. The van der Waals surface area contributed by atoms with Crippen molar-refractivity contribution in [2.45, 2.75) is 13.8 Å². The Labute approximate surface area is 142 Å². The molecule has 0 spiro atoms. The van der Waals surface area contributed by atoms with Gasteiger partial charge in [0.1, 0.15) is 5.69 Å². The maximum atomic E-state index is 12.6. The molecule has 0 saturated heterocycles. The fourth-order valence-corrected chi connectivity index (χ4v) is 2.64. The molecule has 0 saturated carbocycles. The van der Waals surface area contributed by atoms with E-state index in [-0.39, 0.29) is 5.91 Å². The van der Waals surface area contributed by atoms with E-state index in [9.17, 15) is 4.79 Å². The number of aromatic nitrogens is 1. The van der Waals surface area contributed by atoms with Crippen molar-refractivity contribution in [3.63, 3.8) is 0 Å². The minimum absolute atomic E-state index is 0.0651. The van der Waals surface area contributed by atoms with Gasteiger partial charge in [-0.15, -0.1) is 0 Å². The molecule has 1 aromatic heterocycles. The summed E-state index contributed by atoms with van der Waals surface area (Å²) in [4.78, 5) is 16.0. The highest BCUT2D eigenvalue weighted by Gasteiger charge is 2.17. The first-order valence-corrected chi connectivity index (χ1v) is 8.27. The molecule has 1 heterocycles. The molecule has 0 fully saturated rings. The third-order valence-electron chi connectivity index (χ3n) is 3.89. The van der Waals surface area contributed by atoms with E-state index in [4.69, 9.17) is 0 Å². The van der Waals surface area contributed by atoms with Gasteiger partial charge in [0.25, 0.3) is 5.91 Å². The van der Waals surface area contributed by atoms with Gasteiger partial charge in [-0.3, -0.25) is 4.79 Å². The molecule has 3 nitrogen and oxygen atoms in total. The number of carbonyl (C=O) groups is 1. The van der Waals surface area contributed by atoms with Gasteiger partial charge in [0.05, 0.1) is 0 Å². The number of rotatable bonds is 5. The third-order valence-corrected chi connectivity index (χ3v) is 3.89. The molecule has 0 aliphatic rings. The summed E-state index contributed by atoms with van der Waals surface area (Å²) in [5.74, 6) is 0.349. The van der Waals surface area contributed by atoms with Crippen molar-refractivity contribution < 1.29 is 4.79 Å². The first kappa shape index (κ1) is 16.1. The zero-order valence-corrected chi connectivity index (χ0v) is 14.0. The summed E-state index contributed by atoms with van der Waals surface area (Å²) >= 11 is 0. The van der Waals surface area contributed by atoms with Crippen LogP contribution >= 0.6 is 0 Å². The van der Waals surface area contributed by atoms with E-state index in [1.54, 1.807) is 0 Å². The average Bonchev–Trinajstić information content (AvgIpc) is 3.06. The van der Waals surface area contributed by atoms with Crippen LogP contribution in [-0.2, 0) is 0 Å². The second-order valence-corrected chi connectivity index (χ2v) is 6.31. The van der Waals surface area contributed by atoms with Crippen LogP contribution in [0, 0.1) is 5.92 Å². The summed E-state index contributed by atoms with van der Waals surface area (Å²) in [6.45, 7) is 4.83. The van der Waals surface area contributed by atoms with E-state index in [1.165, 1.54) is 0 Å². The molecule has 1 amide bonds.